The number of rotatable bonds is 3. The quantitative estimate of drug-likeness (QED) is 0.696. The van der Waals surface area contributed by atoms with Gasteiger partial charge in [-0.25, -0.2) is 4.39 Å². The van der Waals surface area contributed by atoms with Crippen LogP contribution in [0.25, 0.3) is 10.9 Å². The number of hydrogen-bond acceptors (Lipinski definition) is 1. The Labute approximate surface area is 141 Å². The Kier molecular flexibility index (Phi) is 3.79. The van der Waals surface area contributed by atoms with Gasteiger partial charge in [-0.2, -0.15) is 0 Å². The number of hydrogen-bond donors (Lipinski definition) is 1. The van der Waals surface area contributed by atoms with E-state index in [1.807, 2.05) is 6.07 Å². The van der Waals surface area contributed by atoms with E-state index in [1.54, 1.807) is 12.1 Å². The van der Waals surface area contributed by atoms with Gasteiger partial charge in [0, 0.05) is 22.5 Å². The van der Waals surface area contributed by atoms with Gasteiger partial charge < -0.3 is 9.72 Å². The van der Waals surface area contributed by atoms with Crippen LogP contribution in [-0.4, -0.2) is 12.1 Å². The largest absolute Gasteiger partial charge is 0.494 e. The van der Waals surface area contributed by atoms with Gasteiger partial charge in [0.15, 0.2) is 11.6 Å². The Morgan fingerprint density at radius 2 is 2.08 bits per heavy atom. The van der Waals surface area contributed by atoms with Crippen LogP contribution in [-0.2, 0) is 12.8 Å². The maximum absolute atomic E-state index is 14.0. The van der Waals surface area contributed by atoms with E-state index < -0.39 is 0 Å². The molecule has 0 bridgehead atoms. The third-order valence-corrected chi connectivity index (χ3v) is 5.18. The number of ether oxygens (including phenoxy) is 1. The van der Waals surface area contributed by atoms with Gasteiger partial charge in [0.25, 0.3) is 0 Å². The highest BCUT2D eigenvalue weighted by Gasteiger charge is 2.24. The summed E-state index contributed by atoms with van der Waals surface area (Å²) in [7, 11) is 1.50. The predicted octanol–water partition coefficient (Wildman–Crippen LogP) is 5.29. The van der Waals surface area contributed by atoms with E-state index in [9.17, 15) is 4.39 Å². The summed E-state index contributed by atoms with van der Waals surface area (Å²) >= 11 is 0. The van der Waals surface area contributed by atoms with Gasteiger partial charge in [-0.1, -0.05) is 17.7 Å². The highest BCUT2D eigenvalue weighted by molar-refractivity contribution is 5.85. The van der Waals surface area contributed by atoms with Gasteiger partial charge in [-0.05, 0) is 68.0 Å². The number of methoxy groups -OCH3 is 1. The zero-order valence-corrected chi connectivity index (χ0v) is 14.2. The van der Waals surface area contributed by atoms with Crippen LogP contribution in [0.15, 0.2) is 36.4 Å². The topological polar surface area (TPSA) is 25.0 Å². The molecule has 1 aliphatic carbocycles. The first kappa shape index (κ1) is 15.3. The molecule has 2 aromatic carbocycles. The van der Waals surface area contributed by atoms with Gasteiger partial charge in [0.1, 0.15) is 0 Å². The lowest BCUT2D eigenvalue weighted by atomic mass is 9.83. The van der Waals surface area contributed by atoms with Crippen LogP contribution < -0.4 is 4.74 Å². The Morgan fingerprint density at radius 3 is 2.88 bits per heavy atom. The van der Waals surface area contributed by atoms with E-state index >= 15 is 0 Å². The molecule has 3 heteroatoms. The van der Waals surface area contributed by atoms with Crippen LogP contribution in [0, 0.1) is 12.7 Å². The van der Waals surface area contributed by atoms with Gasteiger partial charge in [0.05, 0.1) is 7.11 Å². The van der Waals surface area contributed by atoms with Gasteiger partial charge in [-0.15, -0.1) is 0 Å². The SMILES string of the molecule is COc1ccc(CC2CCCc3c2[nH]c2ccc(C)cc32)cc1F. The lowest BCUT2D eigenvalue weighted by Crippen LogP contribution is -2.11. The van der Waals surface area contributed by atoms with Crippen molar-refractivity contribution in [3.63, 3.8) is 0 Å². The third kappa shape index (κ3) is 2.58. The summed E-state index contributed by atoms with van der Waals surface area (Å²) in [4.78, 5) is 3.63. The van der Waals surface area contributed by atoms with Gasteiger partial charge >= 0.3 is 0 Å². The van der Waals surface area contributed by atoms with Crippen molar-refractivity contribution in [1.82, 2.24) is 4.98 Å². The van der Waals surface area contributed by atoms with E-state index in [4.69, 9.17) is 4.74 Å². The zero-order valence-electron chi connectivity index (χ0n) is 14.2. The second-order valence-electron chi connectivity index (χ2n) is 6.83. The number of fused-ring (bicyclic) bond motifs is 3. The predicted molar refractivity (Wildman–Crippen MR) is 95.4 cm³/mol. The van der Waals surface area contributed by atoms with Crippen LogP contribution in [0.2, 0.25) is 0 Å². The Hall–Kier alpha value is -2.29. The van der Waals surface area contributed by atoms with E-state index in [1.165, 1.54) is 41.3 Å². The first-order chi connectivity index (χ1) is 11.7. The summed E-state index contributed by atoms with van der Waals surface area (Å²) in [5, 5.41) is 1.36. The molecule has 1 aromatic heterocycles. The number of aromatic amines is 1. The van der Waals surface area contributed by atoms with Gasteiger partial charge in [-0.3, -0.25) is 0 Å². The van der Waals surface area contributed by atoms with E-state index in [-0.39, 0.29) is 5.82 Å². The molecule has 0 spiro atoms. The standard InChI is InChI=1S/C21H22FNO/c1-13-6-8-19-17(10-13)16-5-3-4-15(21(16)23-19)11-14-7-9-20(24-2)18(22)12-14/h6-10,12,15,23H,3-5,11H2,1-2H3. The molecule has 1 aliphatic rings. The molecular formula is C21H22FNO. The smallest absolute Gasteiger partial charge is 0.165 e. The summed E-state index contributed by atoms with van der Waals surface area (Å²) in [5.74, 6) is 0.455. The molecule has 0 amide bonds. The minimum absolute atomic E-state index is 0.279. The lowest BCUT2D eigenvalue weighted by Gasteiger charge is -2.23. The fourth-order valence-corrected chi connectivity index (χ4v) is 4.00. The highest BCUT2D eigenvalue weighted by Crippen LogP contribution is 2.38. The monoisotopic (exact) mass is 323 g/mol. The van der Waals surface area contributed by atoms with Crippen LogP contribution in [0.5, 0.6) is 5.75 Å². The van der Waals surface area contributed by atoms with Crippen molar-refractivity contribution >= 4 is 10.9 Å². The number of aromatic nitrogens is 1. The molecule has 24 heavy (non-hydrogen) atoms. The van der Waals surface area contributed by atoms with Crippen molar-refractivity contribution < 1.29 is 9.13 Å². The summed E-state index contributed by atoms with van der Waals surface area (Å²) in [6, 6.07) is 11.9. The number of aryl methyl sites for hydroxylation is 2. The van der Waals surface area contributed by atoms with Crippen molar-refractivity contribution in [3.05, 3.63) is 64.6 Å². The normalized spacial score (nSPS) is 17.0. The van der Waals surface area contributed by atoms with Crippen molar-refractivity contribution in [3.8, 4) is 5.75 Å². The van der Waals surface area contributed by atoms with E-state index in [0.717, 1.165) is 24.8 Å². The molecule has 0 radical (unpaired) electrons. The molecule has 124 valence electrons. The van der Waals surface area contributed by atoms with Crippen molar-refractivity contribution in [2.24, 2.45) is 0 Å². The number of nitrogens with one attached hydrogen (secondary N) is 1. The summed E-state index contributed by atoms with van der Waals surface area (Å²) in [6.45, 7) is 2.14. The fraction of sp³-hybridized carbons (Fsp3) is 0.333. The Balaban J connectivity index is 1.69. The van der Waals surface area contributed by atoms with Crippen molar-refractivity contribution in [2.45, 2.75) is 38.5 Å². The Morgan fingerprint density at radius 1 is 1.21 bits per heavy atom. The van der Waals surface area contributed by atoms with Gasteiger partial charge in [0.2, 0.25) is 0 Å². The minimum Gasteiger partial charge on any atom is -0.494 e. The Bertz CT molecular complexity index is 896. The molecular weight excluding hydrogens is 301 g/mol. The van der Waals surface area contributed by atoms with Crippen LogP contribution in [0.4, 0.5) is 4.39 Å². The van der Waals surface area contributed by atoms with Crippen LogP contribution in [0.1, 0.15) is 41.1 Å². The number of halogens is 1. The fourth-order valence-electron chi connectivity index (χ4n) is 4.00. The van der Waals surface area contributed by atoms with Crippen molar-refractivity contribution in [2.75, 3.05) is 7.11 Å². The molecule has 1 unspecified atom stereocenters. The summed E-state index contributed by atoms with van der Waals surface area (Å²) < 4.78 is 19.0. The minimum atomic E-state index is -0.279. The van der Waals surface area contributed by atoms with E-state index in [2.05, 4.69) is 30.1 Å². The zero-order chi connectivity index (χ0) is 16.7. The molecule has 0 saturated heterocycles. The molecule has 1 N–H and O–H groups in total. The maximum Gasteiger partial charge on any atom is 0.165 e. The molecule has 0 fully saturated rings. The number of H-pyrrole nitrogens is 1. The molecule has 3 aromatic rings. The summed E-state index contributed by atoms with van der Waals surface area (Å²) in [6.07, 6.45) is 4.33. The molecule has 1 heterocycles. The maximum atomic E-state index is 14.0. The first-order valence-corrected chi connectivity index (χ1v) is 8.59. The first-order valence-electron chi connectivity index (χ1n) is 8.59. The second-order valence-corrected chi connectivity index (χ2v) is 6.83. The second kappa shape index (κ2) is 5.97. The third-order valence-electron chi connectivity index (χ3n) is 5.18. The average Bonchev–Trinajstić information content (AvgIpc) is 2.94. The summed E-state index contributed by atoms with van der Waals surface area (Å²) in [5.41, 5.74) is 6.35. The van der Waals surface area contributed by atoms with Crippen LogP contribution in [0.3, 0.4) is 0 Å². The highest BCUT2D eigenvalue weighted by atomic mass is 19.1. The average molecular weight is 323 g/mol. The lowest BCUT2D eigenvalue weighted by molar-refractivity contribution is 0.386. The van der Waals surface area contributed by atoms with Crippen LogP contribution >= 0.6 is 0 Å². The molecule has 1 atom stereocenters. The molecule has 0 saturated carbocycles. The van der Waals surface area contributed by atoms with Crippen molar-refractivity contribution in [1.29, 1.82) is 0 Å². The number of benzene rings is 2. The molecule has 0 aliphatic heterocycles. The van der Waals surface area contributed by atoms with E-state index in [0.29, 0.717) is 11.7 Å². The molecule has 4 rings (SSSR count). The molecule has 2 nitrogen and oxygen atoms in total.